The molecule has 5 nitrogen and oxygen atoms in total. The van der Waals surface area contributed by atoms with Gasteiger partial charge in [-0.25, -0.2) is 4.39 Å². The van der Waals surface area contributed by atoms with Crippen LogP contribution in [0.3, 0.4) is 0 Å². The standard InChI is InChI=1S/C13H20FN3O2/c1-17(7-8-19-2)6-5-13(18)16-12-4-3-10(14)9-11(12)15/h3-4,9H,5-8,15H2,1-2H3,(H,16,18). The number of likely N-dealkylation sites (N-methyl/N-ethyl adjacent to an activating group) is 1. The first-order valence-corrected chi connectivity index (χ1v) is 6.05. The lowest BCUT2D eigenvalue weighted by Gasteiger charge is -2.15. The number of amides is 1. The first kappa shape index (κ1) is 15.4. The van der Waals surface area contributed by atoms with Crippen molar-refractivity contribution < 1.29 is 13.9 Å². The average Bonchev–Trinajstić information content (AvgIpc) is 2.37. The molecule has 6 heteroatoms. The van der Waals surface area contributed by atoms with E-state index in [1.807, 2.05) is 11.9 Å². The molecule has 1 aromatic rings. The third-order valence-corrected chi connectivity index (χ3v) is 2.69. The lowest BCUT2D eigenvalue weighted by atomic mass is 10.2. The van der Waals surface area contributed by atoms with E-state index < -0.39 is 5.82 Å². The first-order valence-electron chi connectivity index (χ1n) is 6.05. The maximum absolute atomic E-state index is 12.8. The topological polar surface area (TPSA) is 67.6 Å². The zero-order chi connectivity index (χ0) is 14.3. The summed E-state index contributed by atoms with van der Waals surface area (Å²) >= 11 is 0. The molecule has 0 aliphatic heterocycles. The van der Waals surface area contributed by atoms with Crippen LogP contribution < -0.4 is 11.1 Å². The Morgan fingerprint density at radius 2 is 2.21 bits per heavy atom. The molecule has 0 aromatic heterocycles. The van der Waals surface area contributed by atoms with Gasteiger partial charge in [-0.2, -0.15) is 0 Å². The predicted molar refractivity (Wildman–Crippen MR) is 73.4 cm³/mol. The van der Waals surface area contributed by atoms with Crippen molar-refractivity contribution in [3.63, 3.8) is 0 Å². The number of ether oxygens (including phenoxy) is 1. The maximum atomic E-state index is 12.8. The number of methoxy groups -OCH3 is 1. The van der Waals surface area contributed by atoms with Crippen molar-refractivity contribution in [1.29, 1.82) is 0 Å². The Bertz CT molecular complexity index is 426. The zero-order valence-corrected chi connectivity index (χ0v) is 11.3. The molecule has 0 atom stereocenters. The third kappa shape index (κ3) is 5.67. The van der Waals surface area contributed by atoms with E-state index in [9.17, 15) is 9.18 Å². The molecule has 0 fully saturated rings. The van der Waals surface area contributed by atoms with Gasteiger partial charge in [0.2, 0.25) is 5.91 Å². The Hall–Kier alpha value is -1.66. The Labute approximate surface area is 112 Å². The number of nitrogens with one attached hydrogen (secondary N) is 1. The van der Waals surface area contributed by atoms with Crippen LogP contribution in [0.25, 0.3) is 0 Å². The van der Waals surface area contributed by atoms with Gasteiger partial charge in [-0.3, -0.25) is 4.79 Å². The number of nitrogens with two attached hydrogens (primary N) is 1. The van der Waals surface area contributed by atoms with Crippen molar-refractivity contribution >= 4 is 17.3 Å². The molecule has 0 heterocycles. The average molecular weight is 269 g/mol. The van der Waals surface area contributed by atoms with E-state index in [4.69, 9.17) is 10.5 Å². The molecule has 19 heavy (non-hydrogen) atoms. The van der Waals surface area contributed by atoms with Crippen LogP contribution in [0.2, 0.25) is 0 Å². The SMILES string of the molecule is COCCN(C)CCC(=O)Nc1ccc(F)cc1N. The Morgan fingerprint density at radius 1 is 1.47 bits per heavy atom. The summed E-state index contributed by atoms with van der Waals surface area (Å²) in [5, 5.41) is 2.66. The van der Waals surface area contributed by atoms with Crippen LogP contribution in [0, 0.1) is 5.82 Å². The van der Waals surface area contributed by atoms with E-state index >= 15 is 0 Å². The molecule has 0 unspecified atom stereocenters. The second kappa shape index (κ2) is 7.70. The van der Waals surface area contributed by atoms with Crippen molar-refractivity contribution in [2.75, 3.05) is 44.9 Å². The monoisotopic (exact) mass is 269 g/mol. The van der Waals surface area contributed by atoms with Gasteiger partial charge in [0.05, 0.1) is 18.0 Å². The van der Waals surface area contributed by atoms with Gasteiger partial charge < -0.3 is 20.7 Å². The quantitative estimate of drug-likeness (QED) is 0.732. The molecular weight excluding hydrogens is 249 g/mol. The third-order valence-electron chi connectivity index (χ3n) is 2.69. The minimum atomic E-state index is -0.421. The largest absolute Gasteiger partial charge is 0.397 e. The van der Waals surface area contributed by atoms with Crippen molar-refractivity contribution in [3.8, 4) is 0 Å². The van der Waals surface area contributed by atoms with Gasteiger partial charge in [-0.1, -0.05) is 0 Å². The molecule has 0 saturated carbocycles. The number of carbonyl (C=O) groups excluding carboxylic acids is 1. The second-order valence-corrected chi connectivity index (χ2v) is 4.33. The Kier molecular flexibility index (Phi) is 6.24. The number of anilines is 2. The molecule has 0 saturated heterocycles. The van der Waals surface area contributed by atoms with Gasteiger partial charge in [0.1, 0.15) is 5.82 Å². The smallest absolute Gasteiger partial charge is 0.225 e. The number of halogens is 1. The summed E-state index contributed by atoms with van der Waals surface area (Å²) in [5.74, 6) is -0.572. The highest BCUT2D eigenvalue weighted by molar-refractivity contribution is 5.93. The molecule has 1 aromatic carbocycles. The summed E-state index contributed by atoms with van der Waals surface area (Å²) in [5.41, 5.74) is 6.27. The minimum absolute atomic E-state index is 0.150. The van der Waals surface area contributed by atoms with E-state index in [0.29, 0.717) is 25.3 Å². The highest BCUT2D eigenvalue weighted by atomic mass is 19.1. The highest BCUT2D eigenvalue weighted by Gasteiger charge is 2.07. The summed E-state index contributed by atoms with van der Waals surface area (Å²) in [4.78, 5) is 13.7. The number of nitrogen functional groups attached to an aromatic ring is 1. The fraction of sp³-hybridized carbons (Fsp3) is 0.462. The second-order valence-electron chi connectivity index (χ2n) is 4.33. The fourth-order valence-electron chi connectivity index (χ4n) is 1.51. The Morgan fingerprint density at radius 3 is 2.84 bits per heavy atom. The van der Waals surface area contributed by atoms with Gasteiger partial charge >= 0.3 is 0 Å². The number of nitrogens with zero attached hydrogens (tertiary/aromatic N) is 1. The van der Waals surface area contributed by atoms with Crippen LogP contribution in [0.4, 0.5) is 15.8 Å². The van der Waals surface area contributed by atoms with Crippen LogP contribution in [0.1, 0.15) is 6.42 Å². The lowest BCUT2D eigenvalue weighted by molar-refractivity contribution is -0.116. The van der Waals surface area contributed by atoms with Gasteiger partial charge in [0, 0.05) is 26.6 Å². The van der Waals surface area contributed by atoms with E-state index in [2.05, 4.69) is 5.32 Å². The van der Waals surface area contributed by atoms with E-state index in [1.165, 1.54) is 18.2 Å². The van der Waals surface area contributed by atoms with Gasteiger partial charge in [0.25, 0.3) is 0 Å². The van der Waals surface area contributed by atoms with Gasteiger partial charge in [-0.05, 0) is 25.2 Å². The molecule has 0 aliphatic carbocycles. The van der Waals surface area contributed by atoms with Crippen molar-refractivity contribution in [3.05, 3.63) is 24.0 Å². The maximum Gasteiger partial charge on any atom is 0.225 e. The molecule has 3 N–H and O–H groups in total. The summed E-state index contributed by atoms with van der Waals surface area (Å²) in [6.45, 7) is 2.02. The number of rotatable bonds is 7. The van der Waals surface area contributed by atoms with Crippen LogP contribution in [0.5, 0.6) is 0 Å². The molecule has 1 rings (SSSR count). The van der Waals surface area contributed by atoms with Crippen molar-refractivity contribution in [2.45, 2.75) is 6.42 Å². The highest BCUT2D eigenvalue weighted by Crippen LogP contribution is 2.19. The first-order chi connectivity index (χ1) is 9.02. The Balaban J connectivity index is 2.38. The summed E-state index contributed by atoms with van der Waals surface area (Å²) in [6, 6.07) is 3.90. The van der Waals surface area contributed by atoms with Crippen LogP contribution >= 0.6 is 0 Å². The van der Waals surface area contributed by atoms with Crippen molar-refractivity contribution in [2.24, 2.45) is 0 Å². The molecule has 0 spiro atoms. The van der Waals surface area contributed by atoms with Gasteiger partial charge in [0.15, 0.2) is 0 Å². The number of carbonyl (C=O) groups is 1. The van der Waals surface area contributed by atoms with Crippen LogP contribution in [-0.4, -0.2) is 44.7 Å². The number of hydrogen-bond donors (Lipinski definition) is 2. The molecule has 1 amide bonds. The van der Waals surface area contributed by atoms with E-state index in [0.717, 1.165) is 6.54 Å². The molecule has 0 radical (unpaired) electrons. The molecule has 0 bridgehead atoms. The number of hydrogen-bond acceptors (Lipinski definition) is 4. The van der Waals surface area contributed by atoms with Gasteiger partial charge in [-0.15, -0.1) is 0 Å². The van der Waals surface area contributed by atoms with E-state index in [1.54, 1.807) is 7.11 Å². The molecule has 0 aliphatic rings. The molecular formula is C13H20FN3O2. The fourth-order valence-corrected chi connectivity index (χ4v) is 1.51. The number of benzene rings is 1. The summed E-state index contributed by atoms with van der Waals surface area (Å²) in [6.07, 6.45) is 0.344. The zero-order valence-electron chi connectivity index (χ0n) is 11.3. The van der Waals surface area contributed by atoms with Crippen molar-refractivity contribution in [1.82, 2.24) is 4.90 Å². The molecule has 106 valence electrons. The normalized spacial score (nSPS) is 10.7. The summed E-state index contributed by atoms with van der Waals surface area (Å²) in [7, 11) is 3.55. The van der Waals surface area contributed by atoms with E-state index in [-0.39, 0.29) is 11.6 Å². The lowest BCUT2D eigenvalue weighted by Crippen LogP contribution is -2.27. The predicted octanol–water partition coefficient (Wildman–Crippen LogP) is 1.31. The van der Waals surface area contributed by atoms with Crippen LogP contribution in [0.15, 0.2) is 18.2 Å². The minimum Gasteiger partial charge on any atom is -0.397 e. The summed E-state index contributed by atoms with van der Waals surface area (Å²) < 4.78 is 17.8. The van der Waals surface area contributed by atoms with Crippen LogP contribution in [-0.2, 0) is 9.53 Å².